The average molecular weight is 390 g/mol. The molecule has 3 heterocycles. The molecule has 0 aliphatic carbocycles. The molecule has 0 saturated carbocycles. The Hall–Kier alpha value is -2.48. The first-order valence-electron chi connectivity index (χ1n) is 9.82. The van der Waals surface area contributed by atoms with Gasteiger partial charge in [0.2, 0.25) is 12.7 Å². The maximum atomic E-state index is 12.5. The van der Waals surface area contributed by atoms with E-state index in [9.17, 15) is 9.59 Å². The van der Waals surface area contributed by atoms with Crippen LogP contribution in [-0.4, -0.2) is 56.4 Å². The molecular weight excluding hydrogens is 364 g/mol. The molecule has 0 bridgehead atoms. The van der Waals surface area contributed by atoms with Crippen LogP contribution in [0.3, 0.4) is 0 Å². The number of nitrogens with zero attached hydrogens (tertiary/aromatic N) is 1. The Morgan fingerprint density at radius 1 is 1.18 bits per heavy atom. The van der Waals surface area contributed by atoms with E-state index in [1.807, 2.05) is 4.90 Å². The summed E-state index contributed by atoms with van der Waals surface area (Å²) in [5.41, 5.74) is 0.572. The fraction of sp³-hybridized carbons (Fsp3) is 0.600. The summed E-state index contributed by atoms with van der Waals surface area (Å²) in [4.78, 5) is 26.8. The molecule has 1 aromatic carbocycles. The Labute approximate surface area is 164 Å². The molecule has 8 heteroatoms. The van der Waals surface area contributed by atoms with Gasteiger partial charge in [-0.1, -0.05) is 0 Å². The quantitative estimate of drug-likeness (QED) is 0.829. The third-order valence-electron chi connectivity index (χ3n) is 5.57. The topological polar surface area (TPSA) is 86.3 Å². The number of carbonyl (C=O) groups is 2. The normalized spacial score (nSPS) is 21.6. The summed E-state index contributed by atoms with van der Waals surface area (Å²) in [7, 11) is 1.55. The number of carbonyl (C=O) groups excluding carboxylic acids is 2. The lowest BCUT2D eigenvalue weighted by atomic mass is 9.93. The number of anilines is 1. The van der Waals surface area contributed by atoms with Crippen LogP contribution in [0, 0.1) is 5.92 Å². The van der Waals surface area contributed by atoms with E-state index in [0.717, 1.165) is 25.7 Å². The molecule has 1 N–H and O–H groups in total. The van der Waals surface area contributed by atoms with Crippen LogP contribution in [0.2, 0.25) is 0 Å². The SMILES string of the molecule is COc1cc2c(cc1NC(=O)CC1CCN(C(=O)C3CCCO3)CC1)OCO2. The number of methoxy groups -OCH3 is 1. The number of fused-ring (bicyclic) bond motifs is 1. The Bertz CT molecular complexity index is 738. The van der Waals surface area contributed by atoms with Crippen LogP contribution in [0.15, 0.2) is 12.1 Å². The van der Waals surface area contributed by atoms with Gasteiger partial charge >= 0.3 is 0 Å². The molecule has 3 aliphatic heterocycles. The second kappa shape index (κ2) is 8.26. The van der Waals surface area contributed by atoms with Gasteiger partial charge in [-0.05, 0) is 31.6 Å². The Morgan fingerprint density at radius 3 is 2.61 bits per heavy atom. The zero-order valence-electron chi connectivity index (χ0n) is 16.1. The van der Waals surface area contributed by atoms with Gasteiger partial charge in [0.05, 0.1) is 12.8 Å². The number of hydrogen-bond acceptors (Lipinski definition) is 6. The molecule has 4 rings (SSSR count). The predicted octanol–water partition coefficient (Wildman–Crippen LogP) is 2.17. The van der Waals surface area contributed by atoms with Gasteiger partial charge in [-0.3, -0.25) is 9.59 Å². The number of hydrogen-bond donors (Lipinski definition) is 1. The molecule has 0 radical (unpaired) electrons. The van der Waals surface area contributed by atoms with Crippen LogP contribution in [0.5, 0.6) is 17.2 Å². The van der Waals surface area contributed by atoms with E-state index in [4.69, 9.17) is 18.9 Å². The molecule has 0 spiro atoms. The zero-order chi connectivity index (χ0) is 19.5. The minimum Gasteiger partial charge on any atom is -0.494 e. The molecule has 3 aliphatic rings. The van der Waals surface area contributed by atoms with Crippen LogP contribution in [0.25, 0.3) is 0 Å². The summed E-state index contributed by atoms with van der Waals surface area (Å²) in [6.07, 6.45) is 3.57. The predicted molar refractivity (Wildman–Crippen MR) is 101 cm³/mol. The van der Waals surface area contributed by atoms with Gasteiger partial charge < -0.3 is 29.2 Å². The minimum atomic E-state index is -0.265. The van der Waals surface area contributed by atoms with E-state index in [-0.39, 0.29) is 30.6 Å². The summed E-state index contributed by atoms with van der Waals surface area (Å²) >= 11 is 0. The van der Waals surface area contributed by atoms with E-state index in [2.05, 4.69) is 5.32 Å². The fourth-order valence-electron chi connectivity index (χ4n) is 3.99. The molecular formula is C20H26N2O6. The van der Waals surface area contributed by atoms with Crippen molar-refractivity contribution < 1.29 is 28.5 Å². The number of piperidine rings is 1. The molecule has 2 amide bonds. The molecule has 1 aromatic rings. The summed E-state index contributed by atoms with van der Waals surface area (Å²) < 4.78 is 21.5. The van der Waals surface area contributed by atoms with E-state index in [0.29, 0.717) is 49.1 Å². The van der Waals surface area contributed by atoms with Crippen molar-refractivity contribution in [3.05, 3.63) is 12.1 Å². The van der Waals surface area contributed by atoms with Crippen LogP contribution in [-0.2, 0) is 14.3 Å². The van der Waals surface area contributed by atoms with Crippen LogP contribution < -0.4 is 19.5 Å². The van der Waals surface area contributed by atoms with Gasteiger partial charge in [0.15, 0.2) is 11.5 Å². The fourth-order valence-corrected chi connectivity index (χ4v) is 3.99. The second-order valence-corrected chi connectivity index (χ2v) is 7.43. The maximum absolute atomic E-state index is 12.5. The highest BCUT2D eigenvalue weighted by molar-refractivity contribution is 5.93. The summed E-state index contributed by atoms with van der Waals surface area (Å²) in [5, 5.41) is 2.92. The van der Waals surface area contributed by atoms with Crippen LogP contribution in [0.4, 0.5) is 5.69 Å². The van der Waals surface area contributed by atoms with Gasteiger partial charge in [0.25, 0.3) is 5.91 Å². The molecule has 8 nitrogen and oxygen atoms in total. The maximum Gasteiger partial charge on any atom is 0.251 e. The van der Waals surface area contributed by atoms with Gasteiger partial charge in [-0.25, -0.2) is 0 Å². The van der Waals surface area contributed by atoms with Gasteiger partial charge in [-0.15, -0.1) is 0 Å². The highest BCUT2D eigenvalue weighted by Gasteiger charge is 2.31. The van der Waals surface area contributed by atoms with Crippen molar-refractivity contribution in [3.63, 3.8) is 0 Å². The molecule has 152 valence electrons. The van der Waals surface area contributed by atoms with Crippen molar-refractivity contribution in [2.45, 2.75) is 38.2 Å². The molecule has 28 heavy (non-hydrogen) atoms. The van der Waals surface area contributed by atoms with Crippen molar-refractivity contribution in [3.8, 4) is 17.2 Å². The standard InChI is InChI=1S/C20H26N2O6/c1-25-16-11-18-17(27-12-28-18)10-14(16)21-19(23)9-13-4-6-22(7-5-13)20(24)15-3-2-8-26-15/h10-11,13,15H,2-9,12H2,1H3,(H,21,23). The van der Waals surface area contributed by atoms with Gasteiger partial charge in [-0.2, -0.15) is 0 Å². The summed E-state index contributed by atoms with van der Waals surface area (Å²) in [5.74, 6) is 2.03. The molecule has 2 fully saturated rings. The van der Waals surface area contributed by atoms with Crippen molar-refractivity contribution in [2.75, 3.05) is 38.9 Å². The highest BCUT2D eigenvalue weighted by atomic mass is 16.7. The van der Waals surface area contributed by atoms with E-state index >= 15 is 0 Å². The zero-order valence-corrected chi connectivity index (χ0v) is 16.1. The van der Waals surface area contributed by atoms with Crippen LogP contribution >= 0.6 is 0 Å². The lowest BCUT2D eigenvalue weighted by Crippen LogP contribution is -2.44. The van der Waals surface area contributed by atoms with Crippen LogP contribution in [0.1, 0.15) is 32.1 Å². The molecule has 2 saturated heterocycles. The lowest BCUT2D eigenvalue weighted by molar-refractivity contribution is -0.142. The van der Waals surface area contributed by atoms with E-state index < -0.39 is 0 Å². The number of nitrogens with one attached hydrogen (secondary N) is 1. The molecule has 0 aromatic heterocycles. The van der Waals surface area contributed by atoms with Crippen molar-refractivity contribution in [1.29, 1.82) is 0 Å². The van der Waals surface area contributed by atoms with Crippen molar-refractivity contribution >= 4 is 17.5 Å². The first-order chi connectivity index (χ1) is 13.6. The monoisotopic (exact) mass is 390 g/mol. The van der Waals surface area contributed by atoms with E-state index in [1.165, 1.54) is 0 Å². The number of amides is 2. The summed E-state index contributed by atoms with van der Waals surface area (Å²) in [6.45, 7) is 2.21. The third kappa shape index (κ3) is 4.01. The van der Waals surface area contributed by atoms with Crippen molar-refractivity contribution in [1.82, 2.24) is 4.90 Å². The smallest absolute Gasteiger partial charge is 0.251 e. The second-order valence-electron chi connectivity index (χ2n) is 7.43. The summed E-state index contributed by atoms with van der Waals surface area (Å²) in [6, 6.07) is 3.44. The molecule has 1 unspecified atom stereocenters. The number of ether oxygens (including phenoxy) is 4. The highest BCUT2D eigenvalue weighted by Crippen LogP contribution is 2.40. The first kappa shape index (κ1) is 18.9. The molecule has 1 atom stereocenters. The number of benzene rings is 1. The van der Waals surface area contributed by atoms with Gasteiger partial charge in [0.1, 0.15) is 11.9 Å². The average Bonchev–Trinajstić information content (AvgIpc) is 3.39. The minimum absolute atomic E-state index is 0.0685. The van der Waals surface area contributed by atoms with E-state index in [1.54, 1.807) is 19.2 Å². The third-order valence-corrected chi connectivity index (χ3v) is 5.57. The number of rotatable bonds is 5. The Morgan fingerprint density at radius 2 is 1.93 bits per heavy atom. The Kier molecular flexibility index (Phi) is 5.57. The lowest BCUT2D eigenvalue weighted by Gasteiger charge is -2.33. The largest absolute Gasteiger partial charge is 0.494 e. The van der Waals surface area contributed by atoms with Crippen molar-refractivity contribution in [2.24, 2.45) is 5.92 Å². The first-order valence-corrected chi connectivity index (χ1v) is 9.82. The number of likely N-dealkylation sites (tertiary alicyclic amines) is 1. The Balaban J connectivity index is 1.29. The van der Waals surface area contributed by atoms with Gasteiger partial charge in [0, 0.05) is 38.2 Å².